The van der Waals surface area contributed by atoms with Gasteiger partial charge in [0, 0.05) is 5.69 Å². The Kier molecular flexibility index (Phi) is 4.88. The molecule has 2 N–H and O–H groups in total. The van der Waals surface area contributed by atoms with Crippen LogP contribution in [-0.4, -0.2) is 31.7 Å². The minimum Gasteiger partial charge on any atom is -0.481 e. The fourth-order valence-corrected chi connectivity index (χ4v) is 2.16. The Morgan fingerprint density at radius 1 is 1.27 bits per heavy atom. The number of para-hydroxylation sites is 1. The normalized spacial score (nSPS) is 12.1. The number of nitrogens with one attached hydrogen (secondary N) is 1. The van der Waals surface area contributed by atoms with Crippen LogP contribution in [0.15, 0.2) is 36.7 Å². The van der Waals surface area contributed by atoms with Gasteiger partial charge in [0.25, 0.3) is 0 Å². The molecule has 7 nitrogen and oxygen atoms in total. The van der Waals surface area contributed by atoms with Gasteiger partial charge in [-0.3, -0.25) is 14.2 Å². The van der Waals surface area contributed by atoms with E-state index in [0.29, 0.717) is 5.82 Å². The van der Waals surface area contributed by atoms with E-state index in [1.54, 1.807) is 24.7 Å². The van der Waals surface area contributed by atoms with Crippen LogP contribution in [0.25, 0.3) is 5.69 Å². The monoisotopic (exact) mass is 302 g/mol. The molecule has 1 heterocycles. The lowest BCUT2D eigenvalue weighted by Gasteiger charge is -2.15. The molecule has 1 aromatic carbocycles. The number of amides is 1. The second-order valence-electron chi connectivity index (χ2n) is 5.23. The first kappa shape index (κ1) is 15.7. The van der Waals surface area contributed by atoms with Crippen molar-refractivity contribution in [3.8, 4) is 5.69 Å². The van der Waals surface area contributed by atoms with Gasteiger partial charge >= 0.3 is 5.97 Å². The van der Waals surface area contributed by atoms with Crippen LogP contribution in [0.2, 0.25) is 0 Å². The molecule has 1 amide bonds. The molecule has 0 fully saturated rings. The van der Waals surface area contributed by atoms with E-state index in [2.05, 4.69) is 15.5 Å². The van der Waals surface area contributed by atoms with E-state index in [4.69, 9.17) is 5.11 Å². The molecule has 0 aliphatic heterocycles. The fourth-order valence-electron chi connectivity index (χ4n) is 2.16. The van der Waals surface area contributed by atoms with E-state index in [-0.39, 0.29) is 12.5 Å². The number of carboxylic acid groups (broad SMARTS) is 1. The van der Waals surface area contributed by atoms with E-state index < -0.39 is 17.8 Å². The van der Waals surface area contributed by atoms with Crippen molar-refractivity contribution in [1.29, 1.82) is 0 Å². The van der Waals surface area contributed by atoms with Crippen LogP contribution < -0.4 is 5.32 Å². The molecular weight excluding hydrogens is 284 g/mol. The zero-order valence-electron chi connectivity index (χ0n) is 12.4. The first-order chi connectivity index (χ1) is 10.5. The number of aromatic nitrogens is 3. The maximum atomic E-state index is 12.0. The highest BCUT2D eigenvalue weighted by molar-refractivity contribution is 5.97. The lowest BCUT2D eigenvalue weighted by molar-refractivity contribution is -0.148. The molecule has 1 aromatic heterocycles. The molecule has 0 spiro atoms. The quantitative estimate of drug-likeness (QED) is 0.782. The molecule has 0 radical (unpaired) electrons. The number of benzene rings is 1. The number of carboxylic acids is 1. The molecule has 0 aliphatic rings. The van der Waals surface area contributed by atoms with Crippen molar-refractivity contribution >= 4 is 11.9 Å². The number of carbonyl (C=O) groups is 2. The third-order valence-electron chi connectivity index (χ3n) is 3.29. The van der Waals surface area contributed by atoms with Crippen LogP contribution in [-0.2, 0) is 16.1 Å². The summed E-state index contributed by atoms with van der Waals surface area (Å²) in [7, 11) is 0. The summed E-state index contributed by atoms with van der Waals surface area (Å²) >= 11 is 0. The smallest absolute Gasteiger partial charge is 0.316 e. The second-order valence-corrected chi connectivity index (χ2v) is 5.23. The molecule has 2 rings (SSSR count). The Morgan fingerprint density at radius 3 is 2.55 bits per heavy atom. The SMILES string of the molecule is CC(C)C(C(=O)O)C(=O)NCc1nncn1-c1ccccc1. The van der Waals surface area contributed by atoms with Gasteiger partial charge in [0.2, 0.25) is 5.91 Å². The first-order valence-electron chi connectivity index (χ1n) is 6.95. The Hall–Kier alpha value is -2.70. The van der Waals surface area contributed by atoms with Gasteiger partial charge in [-0.2, -0.15) is 0 Å². The van der Waals surface area contributed by atoms with Crippen molar-refractivity contribution in [2.24, 2.45) is 11.8 Å². The van der Waals surface area contributed by atoms with Crippen LogP contribution in [0.5, 0.6) is 0 Å². The fraction of sp³-hybridized carbons (Fsp3) is 0.333. The van der Waals surface area contributed by atoms with Crippen molar-refractivity contribution in [3.63, 3.8) is 0 Å². The molecule has 0 aliphatic carbocycles. The molecule has 1 unspecified atom stereocenters. The third kappa shape index (κ3) is 3.49. The van der Waals surface area contributed by atoms with Gasteiger partial charge in [0.1, 0.15) is 12.2 Å². The molecule has 116 valence electrons. The summed E-state index contributed by atoms with van der Waals surface area (Å²) in [6.07, 6.45) is 1.55. The number of aliphatic carboxylic acids is 1. The number of hydrogen-bond donors (Lipinski definition) is 2. The van der Waals surface area contributed by atoms with Gasteiger partial charge in [0.05, 0.1) is 6.54 Å². The van der Waals surface area contributed by atoms with Gasteiger partial charge in [-0.1, -0.05) is 32.0 Å². The topological polar surface area (TPSA) is 97.1 Å². The minimum absolute atomic E-state index is 0.115. The van der Waals surface area contributed by atoms with E-state index >= 15 is 0 Å². The highest BCUT2D eigenvalue weighted by atomic mass is 16.4. The summed E-state index contributed by atoms with van der Waals surface area (Å²) in [5.41, 5.74) is 0.871. The minimum atomic E-state index is -1.13. The van der Waals surface area contributed by atoms with Crippen LogP contribution in [0.4, 0.5) is 0 Å². The van der Waals surface area contributed by atoms with E-state index in [0.717, 1.165) is 5.69 Å². The van der Waals surface area contributed by atoms with Crippen LogP contribution in [0.1, 0.15) is 19.7 Å². The Balaban J connectivity index is 2.09. The molecule has 7 heteroatoms. The average Bonchev–Trinajstić information content (AvgIpc) is 2.93. The molecular formula is C15H18N4O3. The van der Waals surface area contributed by atoms with Crippen molar-refractivity contribution in [2.75, 3.05) is 0 Å². The number of carbonyl (C=O) groups excluding carboxylic acids is 1. The summed E-state index contributed by atoms with van der Waals surface area (Å²) < 4.78 is 1.74. The van der Waals surface area contributed by atoms with Crippen LogP contribution in [0.3, 0.4) is 0 Å². The standard InChI is InChI=1S/C15H18N4O3/c1-10(2)13(15(21)22)14(20)16-8-12-18-17-9-19(12)11-6-4-3-5-7-11/h3-7,9-10,13H,8H2,1-2H3,(H,16,20)(H,21,22). The van der Waals surface area contributed by atoms with E-state index in [9.17, 15) is 9.59 Å². The lowest BCUT2D eigenvalue weighted by Crippen LogP contribution is -2.38. The summed E-state index contributed by atoms with van der Waals surface area (Å²) in [4.78, 5) is 23.2. The van der Waals surface area contributed by atoms with E-state index in [1.807, 2.05) is 30.3 Å². The summed E-state index contributed by atoms with van der Waals surface area (Å²) in [5.74, 6) is -2.48. The maximum absolute atomic E-state index is 12.0. The van der Waals surface area contributed by atoms with Crippen molar-refractivity contribution in [3.05, 3.63) is 42.5 Å². The molecule has 2 aromatic rings. The zero-order chi connectivity index (χ0) is 16.1. The van der Waals surface area contributed by atoms with Gasteiger partial charge < -0.3 is 10.4 Å². The first-order valence-corrected chi connectivity index (χ1v) is 6.95. The Bertz CT molecular complexity index is 652. The largest absolute Gasteiger partial charge is 0.481 e. The van der Waals surface area contributed by atoms with Gasteiger partial charge in [-0.05, 0) is 18.1 Å². The molecule has 22 heavy (non-hydrogen) atoms. The Morgan fingerprint density at radius 2 is 1.95 bits per heavy atom. The summed E-state index contributed by atoms with van der Waals surface area (Å²) in [5, 5.41) is 19.5. The number of nitrogens with zero attached hydrogens (tertiary/aromatic N) is 3. The molecule has 0 bridgehead atoms. The van der Waals surface area contributed by atoms with Crippen molar-refractivity contribution < 1.29 is 14.7 Å². The number of hydrogen-bond acceptors (Lipinski definition) is 4. The predicted molar refractivity (Wildman–Crippen MR) is 79.2 cm³/mol. The highest BCUT2D eigenvalue weighted by Gasteiger charge is 2.29. The number of rotatable bonds is 6. The lowest BCUT2D eigenvalue weighted by atomic mass is 9.95. The Labute approximate surface area is 128 Å². The predicted octanol–water partition coefficient (Wildman–Crippen LogP) is 1.24. The summed E-state index contributed by atoms with van der Waals surface area (Å²) in [6, 6.07) is 9.45. The summed E-state index contributed by atoms with van der Waals surface area (Å²) in [6.45, 7) is 3.51. The van der Waals surface area contributed by atoms with Gasteiger partial charge in [0.15, 0.2) is 5.82 Å². The average molecular weight is 302 g/mol. The van der Waals surface area contributed by atoms with E-state index in [1.165, 1.54) is 0 Å². The maximum Gasteiger partial charge on any atom is 0.316 e. The van der Waals surface area contributed by atoms with Crippen LogP contribution >= 0.6 is 0 Å². The third-order valence-corrected chi connectivity index (χ3v) is 3.29. The van der Waals surface area contributed by atoms with Gasteiger partial charge in [-0.25, -0.2) is 0 Å². The van der Waals surface area contributed by atoms with Crippen molar-refractivity contribution in [1.82, 2.24) is 20.1 Å². The zero-order valence-corrected chi connectivity index (χ0v) is 12.4. The second kappa shape index (κ2) is 6.84. The molecule has 0 saturated carbocycles. The molecule has 0 saturated heterocycles. The van der Waals surface area contributed by atoms with Crippen LogP contribution in [0, 0.1) is 11.8 Å². The molecule has 1 atom stereocenters. The van der Waals surface area contributed by atoms with Crippen molar-refractivity contribution in [2.45, 2.75) is 20.4 Å². The highest BCUT2D eigenvalue weighted by Crippen LogP contribution is 2.12. The van der Waals surface area contributed by atoms with Gasteiger partial charge in [-0.15, -0.1) is 10.2 Å².